The number of rotatable bonds is 5. The van der Waals surface area contributed by atoms with E-state index in [2.05, 4.69) is 4.18 Å². The summed E-state index contributed by atoms with van der Waals surface area (Å²) in [5.74, 6) is -0.770. The lowest BCUT2D eigenvalue weighted by molar-refractivity contribution is -0.133. The molecule has 0 N–H and O–H groups in total. The molecule has 114 valence electrons. The van der Waals surface area contributed by atoms with Crippen molar-refractivity contribution in [3.63, 3.8) is 0 Å². The number of hydrogen-bond acceptors (Lipinski definition) is 4. The fraction of sp³-hybridized carbons (Fsp3) is 0.118. The molecular formula is C17H16O4S. The van der Waals surface area contributed by atoms with Crippen molar-refractivity contribution in [1.82, 2.24) is 0 Å². The van der Waals surface area contributed by atoms with Crippen molar-refractivity contribution in [1.29, 1.82) is 0 Å². The Bertz CT molecular complexity index is 760. The number of benzene rings is 2. The monoisotopic (exact) mass is 316 g/mol. The van der Waals surface area contributed by atoms with E-state index in [1.807, 2.05) is 42.5 Å². The van der Waals surface area contributed by atoms with Crippen molar-refractivity contribution >= 4 is 28.2 Å². The van der Waals surface area contributed by atoms with Crippen LogP contribution in [0.1, 0.15) is 24.5 Å². The Morgan fingerprint density at radius 3 is 2.05 bits per heavy atom. The van der Waals surface area contributed by atoms with Gasteiger partial charge in [0.25, 0.3) is 0 Å². The molecule has 0 aliphatic rings. The summed E-state index contributed by atoms with van der Waals surface area (Å²) < 4.78 is 28.1. The molecular weight excluding hydrogens is 300 g/mol. The van der Waals surface area contributed by atoms with Gasteiger partial charge in [0, 0.05) is 6.42 Å². The maximum Gasteiger partial charge on any atom is 0.341 e. The summed E-state index contributed by atoms with van der Waals surface area (Å²) in [5, 5.41) is 0. The van der Waals surface area contributed by atoms with Crippen LogP contribution in [0.5, 0.6) is 0 Å². The first-order valence-electron chi connectivity index (χ1n) is 6.82. The van der Waals surface area contributed by atoms with Crippen molar-refractivity contribution in [2.45, 2.75) is 18.2 Å². The van der Waals surface area contributed by atoms with Crippen molar-refractivity contribution in [2.75, 3.05) is 0 Å². The molecule has 2 rings (SSSR count). The van der Waals surface area contributed by atoms with Gasteiger partial charge in [-0.05, 0) is 23.3 Å². The maximum absolute atomic E-state index is 11.8. The van der Waals surface area contributed by atoms with Crippen molar-refractivity contribution in [3.05, 3.63) is 65.7 Å². The van der Waals surface area contributed by atoms with Crippen LogP contribution in [0.2, 0.25) is 0 Å². The van der Waals surface area contributed by atoms with Crippen LogP contribution < -0.4 is 0 Å². The Morgan fingerprint density at radius 1 is 0.955 bits per heavy atom. The van der Waals surface area contributed by atoms with E-state index in [9.17, 15) is 13.2 Å². The molecule has 0 saturated carbocycles. The molecule has 0 radical (unpaired) electrons. The van der Waals surface area contributed by atoms with Gasteiger partial charge in [-0.15, -0.1) is 0 Å². The lowest BCUT2D eigenvalue weighted by Crippen LogP contribution is -2.12. The molecule has 0 aromatic heterocycles. The van der Waals surface area contributed by atoms with E-state index in [1.54, 1.807) is 12.1 Å². The number of carbonyl (C=O) groups excluding carboxylic acids is 1. The lowest BCUT2D eigenvalue weighted by Gasteiger charge is -2.04. The fourth-order valence-electron chi connectivity index (χ4n) is 1.73. The van der Waals surface area contributed by atoms with Gasteiger partial charge >= 0.3 is 16.1 Å². The largest absolute Gasteiger partial charge is 0.342 e. The van der Waals surface area contributed by atoms with Crippen LogP contribution in [-0.2, 0) is 19.1 Å². The summed E-state index contributed by atoms with van der Waals surface area (Å²) >= 11 is 0. The highest BCUT2D eigenvalue weighted by molar-refractivity contribution is 7.87. The van der Waals surface area contributed by atoms with Gasteiger partial charge in [0.15, 0.2) is 0 Å². The quantitative estimate of drug-likeness (QED) is 0.626. The summed E-state index contributed by atoms with van der Waals surface area (Å²) in [5.41, 5.74) is 1.90. The third kappa shape index (κ3) is 4.30. The molecule has 0 amide bonds. The molecule has 2 aromatic rings. The first-order chi connectivity index (χ1) is 10.5. The topological polar surface area (TPSA) is 60.4 Å². The predicted octanol–water partition coefficient (Wildman–Crippen LogP) is 3.50. The first-order valence-corrected chi connectivity index (χ1v) is 8.22. The molecule has 4 nitrogen and oxygen atoms in total. The third-order valence-corrected chi connectivity index (χ3v) is 4.18. The Hall–Kier alpha value is -2.40. The van der Waals surface area contributed by atoms with Gasteiger partial charge in [0.05, 0.1) is 0 Å². The second kappa shape index (κ2) is 7.04. The molecule has 0 saturated heterocycles. The van der Waals surface area contributed by atoms with Crippen LogP contribution in [0, 0.1) is 0 Å². The molecule has 0 fully saturated rings. The molecule has 0 bridgehead atoms. The minimum Gasteiger partial charge on any atom is -0.342 e. The van der Waals surface area contributed by atoms with E-state index in [4.69, 9.17) is 0 Å². The zero-order chi connectivity index (χ0) is 16.0. The van der Waals surface area contributed by atoms with E-state index in [0.717, 1.165) is 11.1 Å². The zero-order valence-electron chi connectivity index (χ0n) is 12.1. The summed E-state index contributed by atoms with van der Waals surface area (Å²) in [6.45, 7) is 1.54. The molecule has 22 heavy (non-hydrogen) atoms. The van der Waals surface area contributed by atoms with Gasteiger partial charge in [-0.25, -0.2) is 0 Å². The minimum atomic E-state index is -4.03. The highest BCUT2D eigenvalue weighted by atomic mass is 32.2. The molecule has 0 atom stereocenters. The molecule has 0 heterocycles. The molecule has 0 aliphatic heterocycles. The molecule has 5 heteroatoms. The van der Waals surface area contributed by atoms with Crippen LogP contribution in [0.4, 0.5) is 0 Å². The van der Waals surface area contributed by atoms with E-state index in [-0.39, 0.29) is 11.3 Å². The van der Waals surface area contributed by atoms with E-state index in [1.165, 1.54) is 19.1 Å². The van der Waals surface area contributed by atoms with E-state index in [0.29, 0.717) is 0 Å². The van der Waals surface area contributed by atoms with Crippen LogP contribution in [0.25, 0.3) is 12.2 Å². The molecule has 0 spiro atoms. The van der Waals surface area contributed by atoms with Gasteiger partial charge in [-0.1, -0.05) is 61.5 Å². The number of hydrogen-bond donors (Lipinski definition) is 0. The smallest absolute Gasteiger partial charge is 0.341 e. The van der Waals surface area contributed by atoms with Crippen molar-refractivity contribution in [2.24, 2.45) is 0 Å². The molecule has 0 aliphatic carbocycles. The van der Waals surface area contributed by atoms with Crippen LogP contribution in [0.3, 0.4) is 0 Å². The van der Waals surface area contributed by atoms with Crippen LogP contribution in [-0.4, -0.2) is 14.4 Å². The predicted molar refractivity (Wildman–Crippen MR) is 85.4 cm³/mol. The standard InChI is InChI=1S/C17H16O4S/c1-2-17(18)21-22(19,20)16-12-10-15(11-13-16)9-8-14-6-4-3-5-7-14/h3-13H,2H2,1H3. The fourth-order valence-corrected chi connectivity index (χ4v) is 2.66. The van der Waals surface area contributed by atoms with Gasteiger partial charge < -0.3 is 4.18 Å². The van der Waals surface area contributed by atoms with Gasteiger partial charge in [-0.2, -0.15) is 8.42 Å². The second-order valence-corrected chi connectivity index (χ2v) is 6.12. The normalized spacial score (nSPS) is 11.5. The molecule has 0 unspecified atom stereocenters. The Kier molecular flexibility index (Phi) is 5.12. The Morgan fingerprint density at radius 2 is 1.50 bits per heavy atom. The second-order valence-electron chi connectivity index (χ2n) is 4.58. The maximum atomic E-state index is 11.8. The highest BCUT2D eigenvalue weighted by Crippen LogP contribution is 2.16. The van der Waals surface area contributed by atoms with Crippen LogP contribution >= 0.6 is 0 Å². The summed E-state index contributed by atoms with van der Waals surface area (Å²) in [6.07, 6.45) is 3.82. The minimum absolute atomic E-state index is 0.0110. The number of carbonyl (C=O) groups is 1. The summed E-state index contributed by atoms with van der Waals surface area (Å²) in [6, 6.07) is 15.9. The van der Waals surface area contributed by atoms with Gasteiger partial charge in [0.2, 0.25) is 0 Å². The average Bonchev–Trinajstić information content (AvgIpc) is 2.54. The zero-order valence-corrected chi connectivity index (χ0v) is 12.9. The average molecular weight is 316 g/mol. The van der Waals surface area contributed by atoms with Crippen LogP contribution in [0.15, 0.2) is 59.5 Å². The molecule has 2 aromatic carbocycles. The highest BCUT2D eigenvalue weighted by Gasteiger charge is 2.18. The Balaban J connectivity index is 2.14. The van der Waals surface area contributed by atoms with Crippen molar-refractivity contribution in [3.8, 4) is 0 Å². The van der Waals surface area contributed by atoms with E-state index >= 15 is 0 Å². The SMILES string of the molecule is CCC(=O)OS(=O)(=O)c1ccc(C=Cc2ccccc2)cc1. The third-order valence-electron chi connectivity index (χ3n) is 2.93. The Labute approximate surface area is 130 Å². The lowest BCUT2D eigenvalue weighted by atomic mass is 10.1. The van der Waals surface area contributed by atoms with E-state index < -0.39 is 16.1 Å². The first kappa shape index (κ1) is 16.0. The van der Waals surface area contributed by atoms with Gasteiger partial charge in [0.1, 0.15) is 4.90 Å². The van der Waals surface area contributed by atoms with Gasteiger partial charge in [-0.3, -0.25) is 4.79 Å². The summed E-state index contributed by atoms with van der Waals surface area (Å²) in [4.78, 5) is 11.1. The summed E-state index contributed by atoms with van der Waals surface area (Å²) in [7, 11) is -4.03. The van der Waals surface area contributed by atoms with Crippen molar-refractivity contribution < 1.29 is 17.4 Å².